The molecule has 1 atom stereocenters. The number of nitrogens with zero attached hydrogens (tertiary/aromatic N) is 3. The molecule has 2 aliphatic heterocycles. The Labute approximate surface area is 196 Å². The Morgan fingerprint density at radius 3 is 2.44 bits per heavy atom. The number of anilines is 1. The van der Waals surface area contributed by atoms with Gasteiger partial charge in [0, 0.05) is 31.9 Å². The molecule has 2 fully saturated rings. The van der Waals surface area contributed by atoms with E-state index < -0.39 is 23.3 Å². The molecule has 3 aliphatic rings. The van der Waals surface area contributed by atoms with Crippen molar-refractivity contribution >= 4 is 17.6 Å². The highest BCUT2D eigenvalue weighted by Crippen LogP contribution is 2.34. The van der Waals surface area contributed by atoms with Crippen LogP contribution in [0.15, 0.2) is 42.5 Å². The lowest BCUT2D eigenvalue weighted by molar-refractivity contribution is -0.137. The Kier molecular flexibility index (Phi) is 5.55. The van der Waals surface area contributed by atoms with Gasteiger partial charge in [0.2, 0.25) is 0 Å². The Hall–Kier alpha value is -3.07. The van der Waals surface area contributed by atoms with Gasteiger partial charge >= 0.3 is 12.2 Å². The quantitative estimate of drug-likeness (QED) is 0.689. The number of benzene rings is 2. The monoisotopic (exact) mass is 472 g/mol. The fraction of sp³-hybridized carbons (Fsp3) is 0.440. The number of imide groups is 1. The number of aryl methyl sites for hydroxylation is 2. The van der Waals surface area contributed by atoms with Gasteiger partial charge in [-0.25, -0.2) is 9.69 Å². The Balaban J connectivity index is 1.24. The van der Waals surface area contributed by atoms with Crippen molar-refractivity contribution in [3.8, 4) is 0 Å². The van der Waals surface area contributed by atoms with Crippen LogP contribution in [0, 0.1) is 0 Å². The van der Waals surface area contributed by atoms with Crippen molar-refractivity contribution in [2.75, 3.05) is 37.7 Å². The van der Waals surface area contributed by atoms with Crippen molar-refractivity contribution in [3.63, 3.8) is 0 Å². The summed E-state index contributed by atoms with van der Waals surface area (Å²) < 4.78 is 39.1. The smallest absolute Gasteiger partial charge is 0.369 e. The van der Waals surface area contributed by atoms with Gasteiger partial charge in [-0.3, -0.25) is 9.69 Å². The number of carbonyl (C=O) groups excluding carboxylic acids is 2. The lowest BCUT2D eigenvalue weighted by Crippen LogP contribution is -2.51. The summed E-state index contributed by atoms with van der Waals surface area (Å²) >= 11 is 0. The maximum atomic E-state index is 13.3. The maximum absolute atomic E-state index is 13.3. The molecule has 180 valence electrons. The second-order valence-electron chi connectivity index (χ2n) is 9.42. The number of urea groups is 1. The Morgan fingerprint density at radius 2 is 1.71 bits per heavy atom. The number of nitrogens with one attached hydrogen (secondary N) is 1. The summed E-state index contributed by atoms with van der Waals surface area (Å²) in [4.78, 5) is 31.2. The van der Waals surface area contributed by atoms with Crippen LogP contribution in [0.25, 0.3) is 0 Å². The van der Waals surface area contributed by atoms with Crippen molar-refractivity contribution < 1.29 is 22.8 Å². The van der Waals surface area contributed by atoms with Crippen LogP contribution in [0.2, 0.25) is 0 Å². The lowest BCUT2D eigenvalue weighted by atomic mass is 9.90. The zero-order valence-electron chi connectivity index (χ0n) is 19.0. The zero-order chi connectivity index (χ0) is 24.1. The number of carbonyl (C=O) groups is 2. The van der Waals surface area contributed by atoms with Crippen molar-refractivity contribution in [1.29, 1.82) is 0 Å². The minimum Gasteiger partial charge on any atom is -0.369 e. The Bertz CT molecular complexity index is 1130. The summed E-state index contributed by atoms with van der Waals surface area (Å²) in [5.41, 5.74) is 2.09. The fourth-order valence-electron chi connectivity index (χ4n) is 5.13. The van der Waals surface area contributed by atoms with E-state index in [2.05, 4.69) is 11.4 Å². The largest absolute Gasteiger partial charge is 0.416 e. The van der Waals surface area contributed by atoms with E-state index in [9.17, 15) is 22.8 Å². The summed E-state index contributed by atoms with van der Waals surface area (Å²) in [6, 6.07) is 10.9. The molecule has 2 saturated heterocycles. The highest BCUT2D eigenvalue weighted by Gasteiger charge is 2.49. The molecule has 34 heavy (non-hydrogen) atoms. The van der Waals surface area contributed by atoms with Gasteiger partial charge in [-0.05, 0) is 61.1 Å². The topological polar surface area (TPSA) is 55.9 Å². The standard InChI is InChI=1S/C25H27F3N4O2/c1-24(19-9-8-17-4-2-5-18(17)14-19)22(33)32(23(34)29-24)16-30-10-12-31(13-11-30)21-7-3-6-20(15-21)25(26,27)28/h3,6-9,14-15H,2,4-5,10-13,16H2,1H3,(H,29,34)/t24-/m0/s1. The van der Waals surface area contributed by atoms with Gasteiger partial charge in [0.15, 0.2) is 0 Å². The number of rotatable bonds is 4. The van der Waals surface area contributed by atoms with Crippen molar-refractivity contribution in [2.45, 2.75) is 37.9 Å². The summed E-state index contributed by atoms with van der Waals surface area (Å²) in [5, 5.41) is 2.88. The van der Waals surface area contributed by atoms with Crippen molar-refractivity contribution in [1.82, 2.24) is 15.1 Å². The number of halogens is 3. The molecular weight excluding hydrogens is 445 g/mol. The third-order valence-electron chi connectivity index (χ3n) is 7.20. The van der Waals surface area contributed by atoms with Crippen LogP contribution in [0.3, 0.4) is 0 Å². The van der Waals surface area contributed by atoms with Crippen molar-refractivity contribution in [3.05, 3.63) is 64.7 Å². The molecule has 1 aliphatic carbocycles. The normalized spacial score (nSPS) is 23.4. The summed E-state index contributed by atoms with van der Waals surface area (Å²) in [6.45, 7) is 3.98. The number of hydrogen-bond acceptors (Lipinski definition) is 4. The number of alkyl halides is 3. The number of amides is 3. The van der Waals surface area contributed by atoms with Crippen LogP contribution in [0.1, 0.15) is 35.6 Å². The molecule has 0 radical (unpaired) electrons. The third-order valence-corrected chi connectivity index (χ3v) is 7.20. The van der Waals surface area contributed by atoms with Crippen LogP contribution in [-0.4, -0.2) is 54.6 Å². The predicted octanol–water partition coefficient (Wildman–Crippen LogP) is 3.74. The van der Waals surface area contributed by atoms with Crippen molar-refractivity contribution in [2.24, 2.45) is 0 Å². The summed E-state index contributed by atoms with van der Waals surface area (Å²) in [5.74, 6) is -0.282. The van der Waals surface area contributed by atoms with Gasteiger partial charge in [-0.2, -0.15) is 13.2 Å². The summed E-state index contributed by atoms with van der Waals surface area (Å²) in [7, 11) is 0. The van der Waals surface area contributed by atoms with Gasteiger partial charge in [0.25, 0.3) is 5.91 Å². The van der Waals surface area contributed by atoms with Gasteiger partial charge in [0.1, 0.15) is 5.54 Å². The second kappa shape index (κ2) is 8.30. The molecule has 9 heteroatoms. The van der Waals surface area contributed by atoms with Gasteiger partial charge < -0.3 is 10.2 Å². The average molecular weight is 473 g/mol. The first-order valence-corrected chi connectivity index (χ1v) is 11.6. The first-order valence-electron chi connectivity index (χ1n) is 11.6. The minimum atomic E-state index is -4.38. The predicted molar refractivity (Wildman–Crippen MR) is 121 cm³/mol. The molecular formula is C25H27F3N4O2. The van der Waals surface area contributed by atoms with E-state index in [4.69, 9.17) is 0 Å². The molecule has 2 aromatic rings. The second-order valence-corrected chi connectivity index (χ2v) is 9.42. The van der Waals surface area contributed by atoms with E-state index in [1.165, 1.54) is 22.1 Å². The fourth-order valence-corrected chi connectivity index (χ4v) is 5.13. The van der Waals surface area contributed by atoms with E-state index in [1.54, 1.807) is 13.0 Å². The van der Waals surface area contributed by atoms with Crippen LogP contribution >= 0.6 is 0 Å². The molecule has 0 aromatic heterocycles. The van der Waals surface area contributed by atoms with Crippen LogP contribution < -0.4 is 10.2 Å². The van der Waals surface area contributed by atoms with Gasteiger partial charge in [-0.15, -0.1) is 0 Å². The summed E-state index contributed by atoms with van der Waals surface area (Å²) in [6.07, 6.45) is -1.24. The highest BCUT2D eigenvalue weighted by molar-refractivity contribution is 6.07. The SMILES string of the molecule is C[C@@]1(c2ccc3c(c2)CCC3)NC(=O)N(CN2CCN(c3cccc(C(F)(F)F)c3)CC2)C1=O. The first kappa shape index (κ1) is 22.7. The molecule has 0 spiro atoms. The first-order chi connectivity index (χ1) is 16.1. The molecule has 0 unspecified atom stereocenters. The molecule has 6 nitrogen and oxygen atoms in total. The minimum absolute atomic E-state index is 0.154. The van der Waals surface area contributed by atoms with Crippen LogP contribution in [0.4, 0.5) is 23.7 Å². The zero-order valence-corrected chi connectivity index (χ0v) is 19.0. The molecule has 0 saturated carbocycles. The molecule has 2 heterocycles. The maximum Gasteiger partial charge on any atom is 0.416 e. The Morgan fingerprint density at radius 1 is 0.971 bits per heavy atom. The number of hydrogen-bond donors (Lipinski definition) is 1. The van der Waals surface area contributed by atoms with E-state index in [0.29, 0.717) is 31.9 Å². The van der Waals surface area contributed by atoms with Crippen LogP contribution in [0.5, 0.6) is 0 Å². The molecule has 3 amide bonds. The van der Waals surface area contributed by atoms with Crippen LogP contribution in [-0.2, 0) is 29.4 Å². The van der Waals surface area contributed by atoms with E-state index in [0.717, 1.165) is 37.0 Å². The third kappa shape index (κ3) is 4.02. The van der Waals surface area contributed by atoms with E-state index in [1.807, 2.05) is 21.9 Å². The lowest BCUT2D eigenvalue weighted by Gasteiger charge is -2.37. The number of fused-ring (bicyclic) bond motifs is 1. The van der Waals surface area contributed by atoms with E-state index >= 15 is 0 Å². The average Bonchev–Trinajstić information content (AvgIpc) is 3.37. The molecule has 5 rings (SSSR count). The number of piperazine rings is 1. The highest BCUT2D eigenvalue weighted by atomic mass is 19.4. The molecule has 2 aromatic carbocycles. The molecule has 1 N–H and O–H groups in total. The van der Waals surface area contributed by atoms with Gasteiger partial charge in [0.05, 0.1) is 12.2 Å². The van der Waals surface area contributed by atoms with E-state index in [-0.39, 0.29) is 12.6 Å². The van der Waals surface area contributed by atoms with Gasteiger partial charge in [-0.1, -0.05) is 24.3 Å². The molecule has 0 bridgehead atoms.